The van der Waals surface area contributed by atoms with Gasteiger partial charge in [-0.3, -0.25) is 0 Å². The smallest absolute Gasteiger partial charge is 0.161 e. The Bertz CT molecular complexity index is 775. The number of rotatable bonds is 2. The fourth-order valence-electron chi connectivity index (χ4n) is 1.93. The highest BCUT2D eigenvalue weighted by atomic mass is 79.9. The molecular formula is C15H10BrClN2S. The molecule has 0 bridgehead atoms. The van der Waals surface area contributed by atoms with Gasteiger partial charge in [-0.25, -0.2) is 9.97 Å². The minimum absolute atomic E-state index is 0.478. The van der Waals surface area contributed by atoms with Crippen LogP contribution in [0.2, 0.25) is 5.15 Å². The summed E-state index contributed by atoms with van der Waals surface area (Å²) in [5, 5.41) is 1.34. The van der Waals surface area contributed by atoms with Crippen molar-refractivity contribution in [3.05, 3.63) is 52.1 Å². The Morgan fingerprint density at radius 2 is 1.80 bits per heavy atom. The largest absolute Gasteiger partial charge is 0.228 e. The van der Waals surface area contributed by atoms with Gasteiger partial charge in [0.15, 0.2) is 5.82 Å². The van der Waals surface area contributed by atoms with Gasteiger partial charge in [-0.1, -0.05) is 39.7 Å². The van der Waals surface area contributed by atoms with E-state index < -0.39 is 0 Å². The van der Waals surface area contributed by atoms with Crippen molar-refractivity contribution < 1.29 is 0 Å². The molecule has 0 atom stereocenters. The van der Waals surface area contributed by atoms with E-state index in [0.29, 0.717) is 11.0 Å². The summed E-state index contributed by atoms with van der Waals surface area (Å²) in [5.74, 6) is 0.647. The first-order chi connectivity index (χ1) is 9.67. The molecule has 0 aliphatic heterocycles. The van der Waals surface area contributed by atoms with Crippen molar-refractivity contribution in [1.82, 2.24) is 9.97 Å². The van der Waals surface area contributed by atoms with Gasteiger partial charge in [0.2, 0.25) is 0 Å². The van der Waals surface area contributed by atoms with Crippen molar-refractivity contribution >= 4 is 50.2 Å². The van der Waals surface area contributed by atoms with E-state index in [4.69, 9.17) is 11.6 Å². The highest BCUT2D eigenvalue weighted by molar-refractivity contribution is 9.10. The van der Waals surface area contributed by atoms with E-state index in [9.17, 15) is 0 Å². The second-order valence-corrected chi connectivity index (χ2v) is 6.38. The first-order valence-corrected chi connectivity index (χ1v) is 8.34. The molecule has 0 N–H and O–H groups in total. The fourth-order valence-corrected chi connectivity index (χ4v) is 2.93. The van der Waals surface area contributed by atoms with Crippen LogP contribution in [0.5, 0.6) is 0 Å². The van der Waals surface area contributed by atoms with Crippen LogP contribution in [0.1, 0.15) is 0 Å². The summed E-state index contributed by atoms with van der Waals surface area (Å²) >= 11 is 11.4. The average Bonchev–Trinajstić information content (AvgIpc) is 2.46. The lowest BCUT2D eigenvalue weighted by Gasteiger charge is -2.05. The van der Waals surface area contributed by atoms with Crippen LogP contribution in [0.15, 0.2) is 51.8 Å². The topological polar surface area (TPSA) is 25.8 Å². The first kappa shape index (κ1) is 13.9. The highest BCUT2D eigenvalue weighted by Gasteiger charge is 2.08. The van der Waals surface area contributed by atoms with Gasteiger partial charge in [0.1, 0.15) is 5.15 Å². The van der Waals surface area contributed by atoms with Gasteiger partial charge in [0.25, 0.3) is 0 Å². The Kier molecular flexibility index (Phi) is 3.96. The number of benzene rings is 2. The number of nitrogens with zero attached hydrogens (tertiary/aromatic N) is 2. The number of aromatic nitrogens is 2. The third-order valence-electron chi connectivity index (χ3n) is 2.96. The predicted molar refractivity (Wildman–Crippen MR) is 89.5 cm³/mol. The van der Waals surface area contributed by atoms with Crippen molar-refractivity contribution in [2.24, 2.45) is 0 Å². The lowest BCUT2D eigenvalue weighted by atomic mass is 10.2. The molecule has 1 aromatic heterocycles. The summed E-state index contributed by atoms with van der Waals surface area (Å²) in [6, 6.07) is 13.9. The zero-order valence-corrected chi connectivity index (χ0v) is 13.8. The van der Waals surface area contributed by atoms with Gasteiger partial charge in [0.05, 0.1) is 5.52 Å². The second-order valence-electron chi connectivity index (χ2n) is 4.23. The molecule has 0 saturated carbocycles. The molecule has 0 saturated heterocycles. The van der Waals surface area contributed by atoms with Crippen LogP contribution in [0.25, 0.3) is 22.3 Å². The Morgan fingerprint density at radius 1 is 1.05 bits per heavy atom. The molecular weight excluding hydrogens is 356 g/mol. The highest BCUT2D eigenvalue weighted by Crippen LogP contribution is 2.27. The molecule has 0 radical (unpaired) electrons. The molecule has 0 amide bonds. The summed E-state index contributed by atoms with van der Waals surface area (Å²) in [6.45, 7) is 0. The number of fused-ring (bicyclic) bond motifs is 1. The molecule has 0 spiro atoms. The molecule has 0 unspecified atom stereocenters. The van der Waals surface area contributed by atoms with E-state index in [0.717, 1.165) is 20.9 Å². The van der Waals surface area contributed by atoms with Crippen molar-refractivity contribution in [2.75, 3.05) is 6.26 Å². The molecule has 3 aromatic rings. The van der Waals surface area contributed by atoms with Crippen molar-refractivity contribution in [3.63, 3.8) is 0 Å². The van der Waals surface area contributed by atoms with Gasteiger partial charge < -0.3 is 0 Å². The molecule has 100 valence electrons. The summed E-state index contributed by atoms with van der Waals surface area (Å²) < 4.78 is 0.975. The van der Waals surface area contributed by atoms with Crippen LogP contribution >= 0.6 is 39.3 Å². The van der Waals surface area contributed by atoms with E-state index in [-0.39, 0.29) is 0 Å². The molecule has 5 heteroatoms. The van der Waals surface area contributed by atoms with Crippen LogP contribution in [-0.2, 0) is 0 Å². The fraction of sp³-hybridized carbons (Fsp3) is 0.0667. The van der Waals surface area contributed by atoms with Crippen LogP contribution in [-0.4, -0.2) is 16.2 Å². The summed E-state index contributed by atoms with van der Waals surface area (Å²) in [6.07, 6.45) is 2.05. The molecule has 1 heterocycles. The van der Waals surface area contributed by atoms with Crippen molar-refractivity contribution in [1.29, 1.82) is 0 Å². The molecule has 0 fully saturated rings. The maximum absolute atomic E-state index is 6.25. The van der Waals surface area contributed by atoms with Crippen LogP contribution < -0.4 is 0 Å². The number of thioether (sulfide) groups is 1. The second kappa shape index (κ2) is 5.72. The standard InChI is InChI=1S/C15H10BrClN2S/c1-20-11-5-2-9(3-6-11)15-18-13-8-10(16)4-7-12(13)14(17)19-15/h2-8H,1H3. The summed E-state index contributed by atoms with van der Waals surface area (Å²) in [7, 11) is 0. The normalized spacial score (nSPS) is 10.9. The quantitative estimate of drug-likeness (QED) is 0.447. The molecule has 0 aliphatic carbocycles. The third kappa shape index (κ3) is 2.68. The van der Waals surface area contributed by atoms with Gasteiger partial charge in [0, 0.05) is 20.3 Å². The Labute approximate surface area is 134 Å². The zero-order valence-electron chi connectivity index (χ0n) is 10.6. The lowest BCUT2D eigenvalue weighted by Crippen LogP contribution is -1.92. The minimum Gasteiger partial charge on any atom is -0.228 e. The summed E-state index contributed by atoms with van der Waals surface area (Å²) in [4.78, 5) is 10.2. The van der Waals surface area contributed by atoms with E-state index >= 15 is 0 Å². The molecule has 0 aliphatic rings. The molecule has 3 rings (SSSR count). The van der Waals surface area contributed by atoms with E-state index in [2.05, 4.69) is 44.3 Å². The number of halogens is 2. The van der Waals surface area contributed by atoms with E-state index in [1.807, 2.05) is 30.3 Å². The Hall–Kier alpha value is -1.10. The zero-order chi connectivity index (χ0) is 14.1. The molecule has 2 nitrogen and oxygen atoms in total. The number of hydrogen-bond acceptors (Lipinski definition) is 3. The van der Waals surface area contributed by atoms with Crippen molar-refractivity contribution in [2.45, 2.75) is 4.90 Å². The maximum Gasteiger partial charge on any atom is 0.161 e. The summed E-state index contributed by atoms with van der Waals surface area (Å²) in [5.41, 5.74) is 1.80. The molecule has 2 aromatic carbocycles. The van der Waals surface area contributed by atoms with Crippen LogP contribution in [0.3, 0.4) is 0 Å². The van der Waals surface area contributed by atoms with Crippen LogP contribution in [0.4, 0.5) is 0 Å². The van der Waals surface area contributed by atoms with E-state index in [1.165, 1.54) is 4.90 Å². The van der Waals surface area contributed by atoms with Gasteiger partial charge >= 0.3 is 0 Å². The number of hydrogen-bond donors (Lipinski definition) is 0. The monoisotopic (exact) mass is 364 g/mol. The Morgan fingerprint density at radius 3 is 2.50 bits per heavy atom. The lowest BCUT2D eigenvalue weighted by molar-refractivity contribution is 1.22. The van der Waals surface area contributed by atoms with Gasteiger partial charge in [-0.15, -0.1) is 11.8 Å². The van der Waals surface area contributed by atoms with E-state index in [1.54, 1.807) is 11.8 Å². The van der Waals surface area contributed by atoms with Gasteiger partial charge in [-0.2, -0.15) is 0 Å². The SMILES string of the molecule is CSc1ccc(-c2nc(Cl)c3ccc(Br)cc3n2)cc1. The van der Waals surface area contributed by atoms with Gasteiger partial charge in [-0.05, 0) is 36.6 Å². The first-order valence-electron chi connectivity index (χ1n) is 5.94. The molecule has 20 heavy (non-hydrogen) atoms. The Balaban J connectivity index is 2.15. The minimum atomic E-state index is 0.478. The third-order valence-corrected chi connectivity index (χ3v) is 4.49. The maximum atomic E-state index is 6.25. The van der Waals surface area contributed by atoms with Crippen LogP contribution in [0, 0.1) is 0 Å². The average molecular weight is 366 g/mol. The van der Waals surface area contributed by atoms with Crippen molar-refractivity contribution in [3.8, 4) is 11.4 Å². The predicted octanol–water partition coefficient (Wildman–Crippen LogP) is 5.43.